The van der Waals surface area contributed by atoms with Crippen LogP contribution in [0.25, 0.3) is 0 Å². The summed E-state index contributed by atoms with van der Waals surface area (Å²) in [7, 11) is 1.92. The van der Waals surface area contributed by atoms with E-state index in [9.17, 15) is 0 Å². The molecule has 1 rings (SSSR count). The fraction of sp³-hybridized carbons (Fsp3) is 0.400. The first-order chi connectivity index (χ1) is 3.72. The van der Waals surface area contributed by atoms with Crippen molar-refractivity contribution in [3.05, 3.63) is 12.0 Å². The maximum atomic E-state index is 5.41. The predicted octanol–water partition coefficient (Wildman–Crippen LogP) is 0.733. The number of hydrogen-bond acceptors (Lipinski definition) is 2. The van der Waals surface area contributed by atoms with Gasteiger partial charge in [-0.1, -0.05) is 0 Å². The van der Waals surface area contributed by atoms with Crippen molar-refractivity contribution in [2.24, 2.45) is 7.05 Å². The number of imidazole rings is 1. The Balaban J connectivity index is 0.000000640. The molecular weight excluding hydrogens is 138 g/mol. The zero-order valence-electron chi connectivity index (χ0n) is 5.46. The van der Waals surface area contributed by atoms with Crippen molar-refractivity contribution in [3.8, 4) is 0 Å². The summed E-state index contributed by atoms with van der Waals surface area (Å²) in [4.78, 5) is 3.86. The Hall–Kier alpha value is -0.700. The van der Waals surface area contributed by atoms with Crippen molar-refractivity contribution < 1.29 is 0 Å². The van der Waals surface area contributed by atoms with Crippen LogP contribution < -0.4 is 5.73 Å². The molecule has 3 nitrogen and oxygen atoms in total. The first-order valence-corrected chi connectivity index (χ1v) is 2.45. The maximum absolute atomic E-state index is 5.41. The molecule has 0 saturated heterocycles. The average Bonchev–Trinajstić information content (AvgIpc) is 1.98. The quantitative estimate of drug-likeness (QED) is 0.588. The van der Waals surface area contributed by atoms with Gasteiger partial charge in [0.2, 0.25) is 0 Å². The number of aryl methyl sites for hydroxylation is 1. The molecule has 0 unspecified atom stereocenters. The molecule has 0 saturated carbocycles. The van der Waals surface area contributed by atoms with E-state index >= 15 is 0 Å². The molecular formula is C5H10ClN3. The highest BCUT2D eigenvalue weighted by Gasteiger charge is 1.94. The molecule has 2 N–H and O–H groups in total. The highest BCUT2D eigenvalue weighted by Crippen LogP contribution is 2.03. The Morgan fingerprint density at radius 1 is 1.67 bits per heavy atom. The lowest BCUT2D eigenvalue weighted by molar-refractivity contribution is 0.874. The van der Waals surface area contributed by atoms with E-state index in [0.29, 0.717) is 5.82 Å². The fourth-order valence-electron chi connectivity index (χ4n) is 0.510. The Labute approximate surface area is 60.3 Å². The van der Waals surface area contributed by atoms with Crippen LogP contribution in [0.1, 0.15) is 5.69 Å². The maximum Gasteiger partial charge on any atom is 0.144 e. The number of nitrogens with zero attached hydrogens (tertiary/aromatic N) is 2. The van der Waals surface area contributed by atoms with Crippen molar-refractivity contribution in [1.29, 1.82) is 0 Å². The Morgan fingerprint density at radius 2 is 2.22 bits per heavy atom. The summed E-state index contributed by atoms with van der Waals surface area (Å²) in [6, 6.07) is 0. The number of nitrogens with two attached hydrogens (primary N) is 1. The largest absolute Gasteiger partial charge is 0.382 e. The molecule has 0 spiro atoms. The van der Waals surface area contributed by atoms with E-state index in [1.54, 1.807) is 6.33 Å². The molecule has 0 aliphatic heterocycles. The second-order valence-corrected chi connectivity index (χ2v) is 1.83. The zero-order chi connectivity index (χ0) is 6.15. The van der Waals surface area contributed by atoms with Gasteiger partial charge in [-0.25, -0.2) is 4.98 Å². The number of rotatable bonds is 0. The first kappa shape index (κ1) is 8.30. The van der Waals surface area contributed by atoms with Gasteiger partial charge in [-0.3, -0.25) is 0 Å². The third-order valence-electron chi connectivity index (χ3n) is 1.27. The monoisotopic (exact) mass is 147 g/mol. The van der Waals surface area contributed by atoms with Gasteiger partial charge < -0.3 is 10.3 Å². The molecule has 0 amide bonds. The molecule has 0 fully saturated rings. The summed E-state index contributed by atoms with van der Waals surface area (Å²) < 4.78 is 1.88. The van der Waals surface area contributed by atoms with E-state index < -0.39 is 0 Å². The number of anilines is 1. The lowest BCUT2D eigenvalue weighted by atomic mass is 10.5. The summed E-state index contributed by atoms with van der Waals surface area (Å²) in [6.07, 6.45) is 1.70. The van der Waals surface area contributed by atoms with Crippen molar-refractivity contribution in [2.75, 3.05) is 5.73 Å². The summed E-state index contributed by atoms with van der Waals surface area (Å²) >= 11 is 0. The normalized spacial score (nSPS) is 8.67. The number of nitrogen functional groups attached to an aromatic ring is 1. The third kappa shape index (κ3) is 1.36. The molecule has 1 heterocycles. The smallest absolute Gasteiger partial charge is 0.144 e. The van der Waals surface area contributed by atoms with Crippen molar-refractivity contribution in [3.63, 3.8) is 0 Å². The Kier molecular flexibility index (Phi) is 2.52. The molecule has 1 aromatic heterocycles. The molecule has 4 heteroatoms. The zero-order valence-corrected chi connectivity index (χ0v) is 6.27. The number of halogens is 1. The van der Waals surface area contributed by atoms with Crippen LogP contribution in [0.5, 0.6) is 0 Å². The van der Waals surface area contributed by atoms with Gasteiger partial charge >= 0.3 is 0 Å². The van der Waals surface area contributed by atoms with Gasteiger partial charge in [0.25, 0.3) is 0 Å². The van der Waals surface area contributed by atoms with Crippen LogP contribution in [0.2, 0.25) is 0 Å². The van der Waals surface area contributed by atoms with Crippen LogP contribution in [0.3, 0.4) is 0 Å². The SMILES string of the molecule is Cc1c(N)ncn1C.Cl. The molecule has 1 aromatic rings. The summed E-state index contributed by atoms with van der Waals surface area (Å²) in [5, 5.41) is 0. The Morgan fingerprint density at radius 3 is 2.33 bits per heavy atom. The molecule has 0 aliphatic carbocycles. The van der Waals surface area contributed by atoms with Crippen LogP contribution >= 0.6 is 12.4 Å². The molecule has 52 valence electrons. The summed E-state index contributed by atoms with van der Waals surface area (Å²) in [6.45, 7) is 1.93. The standard InChI is InChI=1S/C5H9N3.ClH/c1-4-5(6)7-3-8(4)2;/h3H,6H2,1-2H3;1H. The van der Waals surface area contributed by atoms with Crippen LogP contribution in [0.15, 0.2) is 6.33 Å². The van der Waals surface area contributed by atoms with Gasteiger partial charge in [-0.2, -0.15) is 0 Å². The molecule has 0 radical (unpaired) electrons. The Bertz CT molecular complexity index is 175. The van der Waals surface area contributed by atoms with Crippen molar-refractivity contribution in [1.82, 2.24) is 9.55 Å². The molecule has 0 aromatic carbocycles. The van der Waals surface area contributed by atoms with Gasteiger partial charge in [-0.15, -0.1) is 12.4 Å². The van der Waals surface area contributed by atoms with E-state index in [1.807, 2.05) is 18.5 Å². The topological polar surface area (TPSA) is 43.8 Å². The van der Waals surface area contributed by atoms with Crippen LogP contribution in [0.4, 0.5) is 5.82 Å². The van der Waals surface area contributed by atoms with Gasteiger partial charge in [-0.05, 0) is 6.92 Å². The lowest BCUT2D eigenvalue weighted by Gasteiger charge is -1.90. The van der Waals surface area contributed by atoms with Crippen LogP contribution in [-0.2, 0) is 7.05 Å². The molecule has 0 atom stereocenters. The second-order valence-electron chi connectivity index (χ2n) is 1.83. The van der Waals surface area contributed by atoms with Crippen molar-refractivity contribution in [2.45, 2.75) is 6.92 Å². The second kappa shape index (κ2) is 2.73. The highest BCUT2D eigenvalue weighted by molar-refractivity contribution is 5.85. The minimum atomic E-state index is 0. The van der Waals surface area contributed by atoms with Gasteiger partial charge in [0, 0.05) is 7.05 Å². The van der Waals surface area contributed by atoms with E-state index in [2.05, 4.69) is 4.98 Å². The summed E-state index contributed by atoms with van der Waals surface area (Å²) in [5.74, 6) is 0.618. The van der Waals surface area contributed by atoms with Gasteiger partial charge in [0.15, 0.2) is 0 Å². The predicted molar refractivity (Wildman–Crippen MR) is 39.6 cm³/mol. The molecule has 0 bridgehead atoms. The van der Waals surface area contributed by atoms with Crippen LogP contribution in [-0.4, -0.2) is 9.55 Å². The average molecular weight is 148 g/mol. The van der Waals surface area contributed by atoms with E-state index in [1.165, 1.54) is 0 Å². The van der Waals surface area contributed by atoms with E-state index in [-0.39, 0.29) is 12.4 Å². The van der Waals surface area contributed by atoms with Gasteiger partial charge in [0.1, 0.15) is 5.82 Å². The molecule has 9 heavy (non-hydrogen) atoms. The highest BCUT2D eigenvalue weighted by atomic mass is 35.5. The first-order valence-electron chi connectivity index (χ1n) is 2.45. The minimum absolute atomic E-state index is 0. The van der Waals surface area contributed by atoms with Crippen molar-refractivity contribution >= 4 is 18.2 Å². The number of aromatic nitrogens is 2. The van der Waals surface area contributed by atoms with Crippen LogP contribution in [0, 0.1) is 6.92 Å². The fourth-order valence-corrected chi connectivity index (χ4v) is 0.510. The number of hydrogen-bond donors (Lipinski definition) is 1. The van der Waals surface area contributed by atoms with E-state index in [4.69, 9.17) is 5.73 Å². The third-order valence-corrected chi connectivity index (χ3v) is 1.27. The van der Waals surface area contributed by atoms with E-state index in [0.717, 1.165) is 5.69 Å². The minimum Gasteiger partial charge on any atom is -0.382 e. The molecule has 0 aliphatic rings. The summed E-state index contributed by atoms with van der Waals surface area (Å²) in [5.41, 5.74) is 6.43. The lowest BCUT2D eigenvalue weighted by Crippen LogP contribution is -1.91. The van der Waals surface area contributed by atoms with Gasteiger partial charge in [0.05, 0.1) is 12.0 Å².